The standard InChI is InChI=1S/C22H23N3O3S2/c1-16(28-22(27)19-15-30-20(23-19)18-7-12-29-14-18)21(26)25-10-8-24(9-11-25)13-17-5-3-2-4-6-17/h2-7,12,14-16H,8-11,13H2,1H3. The highest BCUT2D eigenvalue weighted by molar-refractivity contribution is 7.14. The maximum absolute atomic E-state index is 12.7. The molecule has 1 atom stereocenters. The molecule has 1 fully saturated rings. The van der Waals surface area contributed by atoms with Gasteiger partial charge in [0.25, 0.3) is 5.91 Å². The van der Waals surface area contributed by atoms with E-state index >= 15 is 0 Å². The summed E-state index contributed by atoms with van der Waals surface area (Å²) in [6, 6.07) is 12.3. The minimum Gasteiger partial charge on any atom is -0.448 e. The van der Waals surface area contributed by atoms with Crippen molar-refractivity contribution in [1.82, 2.24) is 14.8 Å². The maximum Gasteiger partial charge on any atom is 0.358 e. The van der Waals surface area contributed by atoms with Crippen LogP contribution < -0.4 is 0 Å². The van der Waals surface area contributed by atoms with Crippen molar-refractivity contribution in [2.45, 2.75) is 19.6 Å². The van der Waals surface area contributed by atoms with Crippen LogP contribution >= 0.6 is 22.7 Å². The van der Waals surface area contributed by atoms with E-state index in [1.54, 1.807) is 28.5 Å². The molecule has 1 amide bonds. The second kappa shape index (κ2) is 9.51. The van der Waals surface area contributed by atoms with Gasteiger partial charge in [-0.25, -0.2) is 9.78 Å². The smallest absolute Gasteiger partial charge is 0.358 e. The topological polar surface area (TPSA) is 62.7 Å². The summed E-state index contributed by atoms with van der Waals surface area (Å²) < 4.78 is 5.41. The van der Waals surface area contributed by atoms with Crippen LogP contribution in [-0.4, -0.2) is 58.9 Å². The van der Waals surface area contributed by atoms with Crippen LogP contribution in [0.1, 0.15) is 23.0 Å². The predicted molar refractivity (Wildman–Crippen MR) is 119 cm³/mol. The molecule has 30 heavy (non-hydrogen) atoms. The van der Waals surface area contributed by atoms with Gasteiger partial charge < -0.3 is 9.64 Å². The minimum atomic E-state index is -0.829. The number of benzene rings is 1. The first-order valence-corrected chi connectivity index (χ1v) is 11.7. The van der Waals surface area contributed by atoms with Gasteiger partial charge in [0.05, 0.1) is 0 Å². The van der Waals surface area contributed by atoms with Crippen LogP contribution in [0.15, 0.2) is 52.5 Å². The lowest BCUT2D eigenvalue weighted by molar-refractivity contribution is -0.141. The fraction of sp³-hybridized carbons (Fsp3) is 0.318. The molecule has 4 rings (SSSR count). The van der Waals surface area contributed by atoms with Crippen molar-refractivity contribution in [3.05, 3.63) is 63.8 Å². The first-order valence-electron chi connectivity index (χ1n) is 9.84. The lowest BCUT2D eigenvalue weighted by atomic mass is 10.2. The van der Waals surface area contributed by atoms with Gasteiger partial charge >= 0.3 is 5.97 Å². The third-order valence-corrected chi connectivity index (χ3v) is 6.62. The normalized spacial score (nSPS) is 15.7. The second-order valence-corrected chi connectivity index (χ2v) is 8.82. The van der Waals surface area contributed by atoms with Crippen molar-refractivity contribution < 1.29 is 14.3 Å². The third-order valence-electron chi connectivity index (χ3n) is 5.05. The molecule has 1 unspecified atom stereocenters. The number of piperazine rings is 1. The SMILES string of the molecule is CC(OC(=O)c1csc(-c2ccsc2)n1)C(=O)N1CCN(Cc2ccccc2)CC1. The summed E-state index contributed by atoms with van der Waals surface area (Å²) in [6.45, 7) is 5.38. The van der Waals surface area contributed by atoms with Crippen molar-refractivity contribution in [1.29, 1.82) is 0 Å². The lowest BCUT2D eigenvalue weighted by Gasteiger charge is -2.35. The van der Waals surface area contributed by atoms with Crippen LogP contribution in [0.4, 0.5) is 0 Å². The molecule has 0 N–H and O–H groups in total. The number of carbonyl (C=O) groups is 2. The summed E-state index contributed by atoms with van der Waals surface area (Å²) in [5, 5.41) is 6.40. The van der Waals surface area contributed by atoms with E-state index in [-0.39, 0.29) is 11.6 Å². The summed E-state index contributed by atoms with van der Waals surface area (Å²) in [4.78, 5) is 33.6. The van der Waals surface area contributed by atoms with Gasteiger partial charge in [0.1, 0.15) is 5.01 Å². The Balaban J connectivity index is 1.27. The fourth-order valence-corrected chi connectivity index (χ4v) is 4.88. The molecule has 1 aliphatic rings. The molecule has 0 bridgehead atoms. The number of thiazole rings is 1. The van der Waals surface area contributed by atoms with Crippen molar-refractivity contribution in [3.8, 4) is 10.6 Å². The maximum atomic E-state index is 12.7. The average Bonchev–Trinajstić information content (AvgIpc) is 3.46. The van der Waals surface area contributed by atoms with Crippen LogP contribution in [0.5, 0.6) is 0 Å². The molecule has 1 saturated heterocycles. The lowest BCUT2D eigenvalue weighted by Crippen LogP contribution is -2.51. The number of nitrogens with zero attached hydrogens (tertiary/aromatic N) is 3. The summed E-state index contributed by atoms with van der Waals surface area (Å²) in [6.07, 6.45) is -0.829. The number of thiophene rings is 1. The summed E-state index contributed by atoms with van der Waals surface area (Å²) in [5.74, 6) is -0.715. The van der Waals surface area contributed by atoms with Crippen LogP contribution in [0.25, 0.3) is 10.6 Å². The zero-order valence-electron chi connectivity index (χ0n) is 16.7. The van der Waals surface area contributed by atoms with Gasteiger partial charge in [0.15, 0.2) is 11.8 Å². The van der Waals surface area contributed by atoms with E-state index in [4.69, 9.17) is 4.74 Å². The van der Waals surface area contributed by atoms with Crippen molar-refractivity contribution in [2.75, 3.05) is 26.2 Å². The van der Waals surface area contributed by atoms with E-state index in [0.717, 1.165) is 30.2 Å². The van der Waals surface area contributed by atoms with Gasteiger partial charge in [-0.2, -0.15) is 11.3 Å². The predicted octanol–water partition coefficient (Wildman–Crippen LogP) is 3.76. The number of hydrogen-bond donors (Lipinski definition) is 0. The Morgan fingerprint density at radius 2 is 1.87 bits per heavy atom. The molecule has 6 nitrogen and oxygen atoms in total. The first-order chi connectivity index (χ1) is 14.6. The average molecular weight is 442 g/mol. The van der Waals surface area contributed by atoms with Crippen molar-refractivity contribution in [3.63, 3.8) is 0 Å². The zero-order valence-corrected chi connectivity index (χ0v) is 18.3. The highest BCUT2D eigenvalue weighted by atomic mass is 32.1. The number of hydrogen-bond acceptors (Lipinski definition) is 7. The molecule has 1 aromatic carbocycles. The van der Waals surface area contributed by atoms with Crippen LogP contribution in [0, 0.1) is 0 Å². The Morgan fingerprint density at radius 1 is 1.10 bits per heavy atom. The van der Waals surface area contributed by atoms with Gasteiger partial charge in [-0.1, -0.05) is 30.3 Å². The van der Waals surface area contributed by atoms with Crippen LogP contribution in [-0.2, 0) is 16.1 Å². The van der Waals surface area contributed by atoms with E-state index in [0.29, 0.717) is 13.1 Å². The Bertz CT molecular complexity index is 980. The Hall–Kier alpha value is -2.55. The highest BCUT2D eigenvalue weighted by Gasteiger charge is 2.28. The molecule has 0 aliphatic carbocycles. The molecule has 0 radical (unpaired) electrons. The molecule has 0 saturated carbocycles. The summed E-state index contributed by atoms with van der Waals surface area (Å²) >= 11 is 2.97. The quantitative estimate of drug-likeness (QED) is 0.545. The van der Waals surface area contributed by atoms with E-state index in [1.807, 2.05) is 35.0 Å². The molecule has 3 heterocycles. The molecule has 3 aromatic rings. The number of ether oxygens (including phenoxy) is 1. The van der Waals surface area contributed by atoms with Crippen molar-refractivity contribution in [2.24, 2.45) is 0 Å². The van der Waals surface area contributed by atoms with E-state index < -0.39 is 12.1 Å². The molecular formula is C22H23N3O3S2. The van der Waals surface area contributed by atoms with E-state index in [9.17, 15) is 9.59 Å². The summed E-state index contributed by atoms with van der Waals surface area (Å²) in [5.41, 5.74) is 2.50. The largest absolute Gasteiger partial charge is 0.448 e. The number of aromatic nitrogens is 1. The highest BCUT2D eigenvalue weighted by Crippen LogP contribution is 2.26. The molecule has 8 heteroatoms. The van der Waals surface area contributed by atoms with Crippen LogP contribution in [0.2, 0.25) is 0 Å². The Kier molecular flexibility index (Phi) is 6.56. The first kappa shape index (κ1) is 20.7. The molecule has 1 aliphatic heterocycles. The Morgan fingerprint density at radius 3 is 2.57 bits per heavy atom. The van der Waals surface area contributed by atoms with Gasteiger partial charge in [0.2, 0.25) is 0 Å². The van der Waals surface area contributed by atoms with Gasteiger partial charge in [-0.3, -0.25) is 9.69 Å². The van der Waals surface area contributed by atoms with E-state index in [2.05, 4.69) is 22.0 Å². The van der Waals surface area contributed by atoms with Gasteiger partial charge in [-0.05, 0) is 23.9 Å². The molecular weight excluding hydrogens is 418 g/mol. The number of amides is 1. The second-order valence-electron chi connectivity index (χ2n) is 7.18. The number of esters is 1. The fourth-order valence-electron chi connectivity index (χ4n) is 3.38. The third kappa shape index (κ3) is 4.95. The van der Waals surface area contributed by atoms with Gasteiger partial charge in [0, 0.05) is 49.0 Å². The Labute approximate surface area is 183 Å². The number of carbonyl (C=O) groups excluding carboxylic acids is 2. The molecule has 2 aromatic heterocycles. The van der Waals surface area contributed by atoms with Crippen LogP contribution in [0.3, 0.4) is 0 Å². The van der Waals surface area contributed by atoms with E-state index in [1.165, 1.54) is 16.9 Å². The van der Waals surface area contributed by atoms with Gasteiger partial charge in [-0.15, -0.1) is 11.3 Å². The molecule has 0 spiro atoms. The minimum absolute atomic E-state index is 0.156. The zero-order chi connectivity index (χ0) is 20.9. The summed E-state index contributed by atoms with van der Waals surface area (Å²) in [7, 11) is 0. The number of rotatable bonds is 6. The van der Waals surface area contributed by atoms with Crippen molar-refractivity contribution >= 4 is 34.6 Å². The molecule has 156 valence electrons. The monoisotopic (exact) mass is 441 g/mol.